The van der Waals surface area contributed by atoms with Gasteiger partial charge in [-0.2, -0.15) is 0 Å². The van der Waals surface area contributed by atoms with E-state index in [4.69, 9.17) is 14.3 Å². The minimum atomic E-state index is 0.337. The molecule has 0 bridgehead atoms. The van der Waals surface area contributed by atoms with Crippen LogP contribution < -0.4 is 4.74 Å². The fraction of sp³-hybridized carbons (Fsp3) is 0.333. The van der Waals surface area contributed by atoms with Crippen LogP contribution in [0.25, 0.3) is 11.0 Å². The summed E-state index contributed by atoms with van der Waals surface area (Å²) < 4.78 is 13.0. The van der Waals surface area contributed by atoms with E-state index < -0.39 is 0 Å². The van der Waals surface area contributed by atoms with Gasteiger partial charge in [0.05, 0.1) is 13.4 Å². The number of hydrogen-bond acceptors (Lipinski definition) is 4. The molecule has 0 aliphatic rings. The molecule has 0 atom stereocenters. The number of fused-ring (bicyclic) bond motifs is 1. The van der Waals surface area contributed by atoms with E-state index in [1.807, 2.05) is 36.6 Å². The highest BCUT2D eigenvalue weighted by molar-refractivity contribution is 14.1. The highest BCUT2D eigenvalue weighted by Gasteiger charge is 2.06. The van der Waals surface area contributed by atoms with E-state index >= 15 is 0 Å². The molecule has 1 aromatic heterocycles. The molecule has 0 saturated carbocycles. The van der Waals surface area contributed by atoms with Crippen LogP contribution in [0, 0.1) is 14.1 Å². The molecule has 4 aromatic carbocycles. The van der Waals surface area contributed by atoms with E-state index in [2.05, 4.69) is 144 Å². The second-order valence-electron chi connectivity index (χ2n) is 12.9. The number of phenolic OH excluding ortho intramolecular Hbond substituents is 2. The summed E-state index contributed by atoms with van der Waals surface area (Å²) >= 11 is 4.43. The standard InChI is InChI=1S/C12H15IO.C12H14O.C9H11IO.C9H12O/c1-4-7-14-12-6-5-10(9(2)3)8-11(12)13;1-8(2)10-4-5-12-11(6-10)9(3)7-13-12;1-6(2)7-3-4-9(11)8(10)5-7;1-7(2)8-3-5-9(10)6-4-8/h4-6,8-9H,1,7H2,2-3H3;4-8H,1-3H3;3-6,11H,1-2H3;3-7,10H,1-2H3. The third-order valence-corrected chi connectivity index (χ3v) is 9.34. The average molecular weight is 875 g/mol. The van der Waals surface area contributed by atoms with Crippen molar-refractivity contribution in [3.05, 3.63) is 133 Å². The summed E-state index contributed by atoms with van der Waals surface area (Å²) in [4.78, 5) is 0. The molecule has 0 saturated heterocycles. The van der Waals surface area contributed by atoms with Gasteiger partial charge in [0, 0.05) is 5.39 Å². The number of aryl methyl sites for hydroxylation is 1. The van der Waals surface area contributed by atoms with Crippen molar-refractivity contribution >= 4 is 56.2 Å². The van der Waals surface area contributed by atoms with Crippen molar-refractivity contribution < 1.29 is 19.4 Å². The molecule has 48 heavy (non-hydrogen) atoms. The van der Waals surface area contributed by atoms with Crippen LogP contribution in [-0.2, 0) is 0 Å². The Kier molecular flexibility index (Phi) is 17.6. The number of hydrogen-bond donors (Lipinski definition) is 2. The van der Waals surface area contributed by atoms with E-state index in [1.54, 1.807) is 24.3 Å². The minimum Gasteiger partial charge on any atom is -0.508 e. The first-order chi connectivity index (χ1) is 22.6. The molecular formula is C42H52I2O4. The van der Waals surface area contributed by atoms with Gasteiger partial charge in [0.1, 0.15) is 29.4 Å². The summed E-state index contributed by atoms with van der Waals surface area (Å²) in [5, 5.41) is 19.4. The van der Waals surface area contributed by atoms with Crippen LogP contribution in [0.4, 0.5) is 0 Å². The van der Waals surface area contributed by atoms with Gasteiger partial charge in [0.25, 0.3) is 0 Å². The summed E-state index contributed by atoms with van der Waals surface area (Å²) in [6, 6.07) is 25.8. The predicted octanol–water partition coefficient (Wildman–Crippen LogP) is 13.5. The molecule has 5 aromatic rings. The molecule has 2 N–H and O–H groups in total. The molecule has 0 unspecified atom stereocenters. The van der Waals surface area contributed by atoms with Gasteiger partial charge < -0.3 is 19.4 Å². The molecule has 0 aliphatic carbocycles. The Morgan fingerprint density at radius 3 is 1.65 bits per heavy atom. The van der Waals surface area contributed by atoms with Gasteiger partial charge in [-0.3, -0.25) is 0 Å². The van der Waals surface area contributed by atoms with E-state index in [0.717, 1.165) is 18.5 Å². The van der Waals surface area contributed by atoms with Crippen LogP contribution in [0.15, 0.2) is 102 Å². The van der Waals surface area contributed by atoms with E-state index in [9.17, 15) is 5.11 Å². The number of phenols is 2. The van der Waals surface area contributed by atoms with Gasteiger partial charge in [0.15, 0.2) is 0 Å². The van der Waals surface area contributed by atoms with Crippen LogP contribution >= 0.6 is 45.2 Å². The number of halogens is 2. The lowest BCUT2D eigenvalue weighted by Gasteiger charge is -2.10. The molecular weight excluding hydrogens is 822 g/mol. The number of ether oxygens (including phenoxy) is 1. The van der Waals surface area contributed by atoms with Crippen LogP contribution in [0.3, 0.4) is 0 Å². The molecule has 0 aliphatic heterocycles. The Morgan fingerprint density at radius 1 is 0.667 bits per heavy atom. The van der Waals surface area contributed by atoms with Crippen molar-refractivity contribution in [3.63, 3.8) is 0 Å². The Hall–Kier alpha value is -2.98. The first kappa shape index (κ1) is 41.2. The first-order valence-corrected chi connectivity index (χ1v) is 18.6. The van der Waals surface area contributed by atoms with E-state index in [-0.39, 0.29) is 0 Å². The first-order valence-electron chi connectivity index (χ1n) is 16.4. The average Bonchev–Trinajstić information content (AvgIpc) is 3.42. The van der Waals surface area contributed by atoms with Gasteiger partial charge in [-0.1, -0.05) is 98.4 Å². The van der Waals surface area contributed by atoms with Gasteiger partial charge in [0.2, 0.25) is 0 Å². The summed E-state index contributed by atoms with van der Waals surface area (Å²) in [6.45, 7) is 23.6. The smallest absolute Gasteiger partial charge is 0.134 e. The van der Waals surface area contributed by atoms with Crippen molar-refractivity contribution in [1.82, 2.24) is 0 Å². The van der Waals surface area contributed by atoms with Crippen molar-refractivity contribution in [2.24, 2.45) is 0 Å². The molecule has 0 spiro atoms. The van der Waals surface area contributed by atoms with Crippen LogP contribution in [0.2, 0.25) is 0 Å². The van der Waals surface area contributed by atoms with E-state index in [0.29, 0.717) is 41.8 Å². The van der Waals surface area contributed by atoms with Crippen LogP contribution in [-0.4, -0.2) is 16.8 Å². The fourth-order valence-corrected chi connectivity index (χ4v) is 5.65. The molecule has 0 amide bonds. The summed E-state index contributed by atoms with van der Waals surface area (Å²) in [7, 11) is 0. The van der Waals surface area contributed by atoms with Crippen molar-refractivity contribution in [1.29, 1.82) is 0 Å². The Morgan fingerprint density at radius 2 is 1.15 bits per heavy atom. The van der Waals surface area contributed by atoms with Crippen molar-refractivity contribution in [2.75, 3.05) is 6.61 Å². The quantitative estimate of drug-likeness (QED) is 0.126. The molecule has 5 rings (SSSR count). The van der Waals surface area contributed by atoms with Crippen molar-refractivity contribution in [2.45, 2.75) is 86.0 Å². The number of furan rings is 1. The Bertz CT molecular complexity index is 1700. The lowest BCUT2D eigenvalue weighted by Crippen LogP contribution is -1.96. The van der Waals surface area contributed by atoms with Crippen molar-refractivity contribution in [3.8, 4) is 17.2 Å². The van der Waals surface area contributed by atoms with Gasteiger partial charge in [-0.15, -0.1) is 0 Å². The number of aromatic hydroxyl groups is 2. The number of rotatable bonds is 7. The van der Waals surface area contributed by atoms with Gasteiger partial charge in [-0.05, 0) is 152 Å². The SMILES string of the molecule is C=CCOc1ccc(C(C)C)cc1I.CC(C)c1ccc(O)c(I)c1.CC(C)c1ccc(O)cc1.Cc1coc2ccc(C(C)C)cc12. The highest BCUT2D eigenvalue weighted by atomic mass is 127. The zero-order valence-corrected chi connectivity index (χ0v) is 34.2. The molecule has 6 heteroatoms. The predicted molar refractivity (Wildman–Crippen MR) is 221 cm³/mol. The zero-order valence-electron chi connectivity index (χ0n) is 29.9. The molecule has 1 heterocycles. The second kappa shape index (κ2) is 20.5. The second-order valence-corrected chi connectivity index (χ2v) is 15.2. The monoisotopic (exact) mass is 874 g/mol. The maximum Gasteiger partial charge on any atom is 0.134 e. The highest BCUT2D eigenvalue weighted by Crippen LogP contribution is 2.27. The Balaban J connectivity index is 0.000000224. The van der Waals surface area contributed by atoms with E-state index in [1.165, 1.54) is 33.2 Å². The maximum atomic E-state index is 9.22. The molecule has 258 valence electrons. The summed E-state index contributed by atoms with van der Waals surface area (Å²) in [5.41, 5.74) is 7.46. The third-order valence-electron chi connectivity index (χ3n) is 7.64. The molecule has 0 radical (unpaired) electrons. The lowest BCUT2D eigenvalue weighted by molar-refractivity contribution is 0.360. The lowest BCUT2D eigenvalue weighted by atomic mass is 10.0. The topological polar surface area (TPSA) is 62.8 Å². The third kappa shape index (κ3) is 13.5. The zero-order chi connectivity index (χ0) is 36.0. The van der Waals surface area contributed by atoms with Crippen LogP contribution in [0.1, 0.15) is 107 Å². The minimum absolute atomic E-state index is 0.337. The maximum absolute atomic E-state index is 9.22. The Labute approximate surface area is 315 Å². The van der Waals surface area contributed by atoms with Gasteiger partial charge >= 0.3 is 0 Å². The summed E-state index contributed by atoms with van der Waals surface area (Å²) in [5.74, 6) is 3.87. The fourth-order valence-electron chi connectivity index (χ4n) is 4.42. The molecule has 4 nitrogen and oxygen atoms in total. The largest absolute Gasteiger partial charge is 0.508 e. The summed E-state index contributed by atoms with van der Waals surface area (Å²) in [6.07, 6.45) is 3.57. The molecule has 0 fully saturated rings. The van der Waals surface area contributed by atoms with Crippen LogP contribution in [0.5, 0.6) is 17.2 Å². The van der Waals surface area contributed by atoms with Gasteiger partial charge in [-0.25, -0.2) is 0 Å². The normalized spacial score (nSPS) is 10.6. The number of benzene rings is 4.